The number of amides is 1. The largest absolute Gasteiger partial charge is 0.338 e. The minimum absolute atomic E-state index is 0. The summed E-state index contributed by atoms with van der Waals surface area (Å²) in [4.78, 5) is 16.8. The third-order valence-corrected chi connectivity index (χ3v) is 6.25. The Hall–Kier alpha value is -1.89. The van der Waals surface area contributed by atoms with Crippen LogP contribution in [0.1, 0.15) is 28.2 Å². The van der Waals surface area contributed by atoms with Gasteiger partial charge in [-0.05, 0) is 57.5 Å². The zero-order valence-electron chi connectivity index (χ0n) is 15.6. The molecular formula is C20H25ClN4OS. The molecule has 1 aromatic carbocycles. The second-order valence-corrected chi connectivity index (χ2v) is 7.99. The second-order valence-electron chi connectivity index (χ2n) is 6.96. The van der Waals surface area contributed by atoms with Crippen molar-refractivity contribution >= 4 is 39.9 Å². The lowest BCUT2D eigenvalue weighted by molar-refractivity contribution is 0.0696. The molecule has 4 rings (SSSR count). The number of carbonyl (C=O) groups is 1. The number of benzene rings is 1. The number of nitrogens with one attached hydrogen (secondary N) is 1. The normalized spacial score (nSPS) is 15.1. The maximum atomic E-state index is 13.0. The Morgan fingerprint density at radius 1 is 1.26 bits per heavy atom. The third-order valence-electron chi connectivity index (χ3n) is 5.15. The van der Waals surface area contributed by atoms with Gasteiger partial charge in [0.1, 0.15) is 4.83 Å². The van der Waals surface area contributed by atoms with Gasteiger partial charge in [0.15, 0.2) is 0 Å². The predicted octanol–water partition coefficient (Wildman–Crippen LogP) is 3.89. The van der Waals surface area contributed by atoms with Crippen LogP contribution >= 0.6 is 23.7 Å². The number of hydrogen-bond acceptors (Lipinski definition) is 4. The van der Waals surface area contributed by atoms with Crippen molar-refractivity contribution in [3.63, 3.8) is 0 Å². The highest BCUT2D eigenvalue weighted by Crippen LogP contribution is 2.31. The zero-order chi connectivity index (χ0) is 18.1. The average molecular weight is 405 g/mol. The Morgan fingerprint density at radius 3 is 2.63 bits per heavy atom. The van der Waals surface area contributed by atoms with Crippen molar-refractivity contribution in [2.45, 2.75) is 19.8 Å². The Balaban J connectivity index is 0.00000210. The first-order chi connectivity index (χ1) is 12.7. The van der Waals surface area contributed by atoms with Gasteiger partial charge in [0.25, 0.3) is 5.91 Å². The molecular weight excluding hydrogens is 380 g/mol. The van der Waals surface area contributed by atoms with Gasteiger partial charge in [-0.3, -0.25) is 4.79 Å². The molecule has 0 spiro atoms. The van der Waals surface area contributed by atoms with Crippen LogP contribution in [0.4, 0.5) is 0 Å². The molecule has 1 saturated heterocycles. The number of likely N-dealkylation sites (tertiary alicyclic amines) is 1. The molecule has 3 aromatic rings. The van der Waals surface area contributed by atoms with Gasteiger partial charge in [-0.1, -0.05) is 18.2 Å². The Bertz CT molecular complexity index is 913. The number of carbonyl (C=O) groups excluding carboxylic acids is 1. The lowest BCUT2D eigenvalue weighted by Gasteiger charge is -2.31. The van der Waals surface area contributed by atoms with Crippen LogP contribution in [0.3, 0.4) is 0 Å². The van der Waals surface area contributed by atoms with Crippen LogP contribution < -0.4 is 5.32 Å². The summed E-state index contributed by atoms with van der Waals surface area (Å²) in [5.41, 5.74) is 1.99. The first-order valence-corrected chi connectivity index (χ1v) is 9.97. The molecule has 1 amide bonds. The summed E-state index contributed by atoms with van der Waals surface area (Å²) < 4.78 is 1.95. The van der Waals surface area contributed by atoms with Gasteiger partial charge in [-0.15, -0.1) is 23.7 Å². The number of para-hydroxylation sites is 1. The summed E-state index contributed by atoms with van der Waals surface area (Å²) >= 11 is 1.55. The van der Waals surface area contributed by atoms with Crippen LogP contribution in [-0.2, 0) is 0 Å². The van der Waals surface area contributed by atoms with Crippen molar-refractivity contribution in [1.82, 2.24) is 20.0 Å². The predicted molar refractivity (Wildman–Crippen MR) is 113 cm³/mol. The quantitative estimate of drug-likeness (QED) is 0.717. The number of halogens is 1. The van der Waals surface area contributed by atoms with E-state index in [1.807, 2.05) is 60.0 Å². The summed E-state index contributed by atoms with van der Waals surface area (Å²) in [6.45, 7) is 4.75. The molecule has 0 aliphatic carbocycles. The number of nitrogens with zero attached hydrogens (tertiary/aromatic N) is 3. The first-order valence-electron chi connectivity index (χ1n) is 9.16. The lowest BCUT2D eigenvalue weighted by atomic mass is 9.97. The van der Waals surface area contributed by atoms with Crippen LogP contribution in [-0.4, -0.2) is 47.3 Å². The van der Waals surface area contributed by atoms with Crippen molar-refractivity contribution in [3.8, 4) is 5.69 Å². The molecule has 0 bridgehead atoms. The molecule has 5 nitrogen and oxygen atoms in total. The molecule has 3 heterocycles. The number of hydrogen-bond donors (Lipinski definition) is 1. The summed E-state index contributed by atoms with van der Waals surface area (Å²) in [6, 6.07) is 12.1. The van der Waals surface area contributed by atoms with Crippen LogP contribution in [0.15, 0.2) is 36.4 Å². The fourth-order valence-electron chi connectivity index (χ4n) is 3.68. The Morgan fingerprint density at radius 2 is 1.96 bits per heavy atom. The van der Waals surface area contributed by atoms with Gasteiger partial charge in [-0.2, -0.15) is 5.10 Å². The minimum Gasteiger partial charge on any atom is -0.338 e. The highest BCUT2D eigenvalue weighted by molar-refractivity contribution is 7.20. The van der Waals surface area contributed by atoms with Gasteiger partial charge in [0.05, 0.1) is 16.3 Å². The van der Waals surface area contributed by atoms with E-state index in [2.05, 4.69) is 10.4 Å². The van der Waals surface area contributed by atoms with E-state index >= 15 is 0 Å². The van der Waals surface area contributed by atoms with Crippen molar-refractivity contribution in [2.75, 3.05) is 26.7 Å². The van der Waals surface area contributed by atoms with E-state index in [9.17, 15) is 4.79 Å². The summed E-state index contributed by atoms with van der Waals surface area (Å²) in [5.74, 6) is 0.841. The maximum absolute atomic E-state index is 13.0. The standard InChI is InChI=1S/C20H24N4OS.ClH/c1-14-17-12-18(19(25)23-10-8-15(9-11-23)13-21-2)26-20(17)24(22-14)16-6-4-3-5-7-16;/h3-7,12,15,21H,8-11,13H2,1-2H3;1H. The lowest BCUT2D eigenvalue weighted by Crippen LogP contribution is -2.40. The molecule has 7 heteroatoms. The van der Waals surface area contributed by atoms with Crippen molar-refractivity contribution in [3.05, 3.63) is 47.0 Å². The van der Waals surface area contributed by atoms with E-state index in [0.29, 0.717) is 5.92 Å². The highest BCUT2D eigenvalue weighted by atomic mass is 35.5. The number of aryl methyl sites for hydroxylation is 1. The molecule has 0 saturated carbocycles. The highest BCUT2D eigenvalue weighted by Gasteiger charge is 2.25. The Kier molecular flexibility index (Phi) is 6.19. The topological polar surface area (TPSA) is 50.2 Å². The summed E-state index contributed by atoms with van der Waals surface area (Å²) in [6.07, 6.45) is 2.16. The molecule has 2 aromatic heterocycles. The summed E-state index contributed by atoms with van der Waals surface area (Å²) in [5, 5.41) is 8.98. The first kappa shape index (κ1) is 19.9. The molecule has 0 radical (unpaired) electrons. The van der Waals surface area contributed by atoms with Crippen LogP contribution in [0.2, 0.25) is 0 Å². The average Bonchev–Trinajstić information content (AvgIpc) is 3.24. The fourth-order valence-corrected chi connectivity index (χ4v) is 4.83. The Labute approximate surface area is 169 Å². The van der Waals surface area contributed by atoms with E-state index in [1.165, 1.54) is 0 Å². The van der Waals surface area contributed by atoms with Gasteiger partial charge >= 0.3 is 0 Å². The van der Waals surface area contributed by atoms with Gasteiger partial charge in [0, 0.05) is 18.5 Å². The molecule has 1 aliphatic rings. The molecule has 1 fully saturated rings. The van der Waals surface area contributed by atoms with E-state index < -0.39 is 0 Å². The monoisotopic (exact) mass is 404 g/mol. The number of rotatable bonds is 4. The van der Waals surface area contributed by atoms with E-state index in [-0.39, 0.29) is 18.3 Å². The van der Waals surface area contributed by atoms with Crippen LogP contribution in [0, 0.1) is 12.8 Å². The number of piperidine rings is 1. The molecule has 27 heavy (non-hydrogen) atoms. The molecule has 0 unspecified atom stereocenters. The van der Waals surface area contributed by atoms with Crippen LogP contribution in [0.25, 0.3) is 15.9 Å². The van der Waals surface area contributed by atoms with E-state index in [1.54, 1.807) is 11.3 Å². The fraction of sp³-hybridized carbons (Fsp3) is 0.400. The number of thiophene rings is 1. The molecule has 0 atom stereocenters. The van der Waals surface area contributed by atoms with Crippen molar-refractivity contribution in [2.24, 2.45) is 5.92 Å². The second kappa shape index (κ2) is 8.42. The van der Waals surface area contributed by atoms with Gasteiger partial charge < -0.3 is 10.2 Å². The smallest absolute Gasteiger partial charge is 0.264 e. The number of fused-ring (bicyclic) bond motifs is 1. The molecule has 144 valence electrons. The van der Waals surface area contributed by atoms with E-state index in [0.717, 1.165) is 59.0 Å². The van der Waals surface area contributed by atoms with Crippen molar-refractivity contribution in [1.29, 1.82) is 0 Å². The van der Waals surface area contributed by atoms with Crippen LogP contribution in [0.5, 0.6) is 0 Å². The molecule has 1 aliphatic heterocycles. The van der Waals surface area contributed by atoms with Gasteiger partial charge in [0.2, 0.25) is 0 Å². The van der Waals surface area contributed by atoms with E-state index in [4.69, 9.17) is 0 Å². The maximum Gasteiger partial charge on any atom is 0.264 e. The molecule has 1 N–H and O–H groups in total. The van der Waals surface area contributed by atoms with Crippen molar-refractivity contribution < 1.29 is 4.79 Å². The zero-order valence-corrected chi connectivity index (χ0v) is 17.3. The third kappa shape index (κ3) is 3.88. The SMILES string of the molecule is CNCC1CCN(C(=O)c2cc3c(C)nn(-c4ccccc4)c3s2)CC1.Cl. The summed E-state index contributed by atoms with van der Waals surface area (Å²) in [7, 11) is 1.99. The number of aromatic nitrogens is 2. The minimum atomic E-state index is 0. The van der Waals surface area contributed by atoms with Gasteiger partial charge in [-0.25, -0.2) is 4.68 Å².